The zero-order chi connectivity index (χ0) is 14.1. The van der Waals surface area contributed by atoms with E-state index in [1.165, 1.54) is 37.8 Å². The summed E-state index contributed by atoms with van der Waals surface area (Å²) in [7, 11) is 0. The van der Waals surface area contributed by atoms with Crippen molar-refractivity contribution in [3.05, 3.63) is 34.1 Å². The van der Waals surface area contributed by atoms with E-state index < -0.39 is 0 Å². The van der Waals surface area contributed by atoms with E-state index in [4.69, 9.17) is 0 Å². The third kappa shape index (κ3) is 2.62. The lowest BCUT2D eigenvalue weighted by molar-refractivity contribution is 0.0687. The third-order valence-electron chi connectivity index (χ3n) is 4.66. The molecule has 0 bridgehead atoms. The number of hydrogen-bond donors (Lipinski definition) is 0. The average Bonchev–Trinajstić information content (AvgIpc) is 3.10. The maximum absolute atomic E-state index is 13.4. The molecule has 2 fully saturated rings. The quantitative estimate of drug-likeness (QED) is 0.782. The fraction of sp³-hybridized carbons (Fsp3) is 0.562. The molecule has 1 aliphatic heterocycles. The minimum Gasteiger partial charge on any atom is -0.335 e. The Bertz CT molecular complexity index is 513. The lowest BCUT2D eigenvalue weighted by Gasteiger charge is -2.29. The van der Waals surface area contributed by atoms with Gasteiger partial charge in [-0.3, -0.25) is 4.79 Å². The van der Waals surface area contributed by atoms with Crippen LogP contribution in [0.1, 0.15) is 48.9 Å². The second-order valence-corrected chi connectivity index (χ2v) is 6.73. The smallest absolute Gasteiger partial charge is 0.255 e. The molecule has 108 valence electrons. The SMILES string of the molecule is O=C(c1cc(F)ccc1Br)N1CCCC1C1CCCC1. The molecular formula is C16H19BrFNO. The molecule has 4 heteroatoms. The zero-order valence-corrected chi connectivity index (χ0v) is 13.0. The Labute approximate surface area is 127 Å². The summed E-state index contributed by atoms with van der Waals surface area (Å²) >= 11 is 3.37. The normalized spacial score (nSPS) is 23.5. The molecule has 1 amide bonds. The topological polar surface area (TPSA) is 20.3 Å². The first-order valence-corrected chi connectivity index (χ1v) is 8.22. The van der Waals surface area contributed by atoms with E-state index in [0.29, 0.717) is 22.0 Å². The summed E-state index contributed by atoms with van der Waals surface area (Å²) in [6.07, 6.45) is 7.21. The fourth-order valence-electron chi connectivity index (χ4n) is 3.69. The summed E-state index contributed by atoms with van der Waals surface area (Å²) in [5.41, 5.74) is 0.454. The largest absolute Gasteiger partial charge is 0.335 e. The first-order chi connectivity index (χ1) is 9.66. The van der Waals surface area contributed by atoms with Crippen LogP contribution < -0.4 is 0 Å². The molecule has 20 heavy (non-hydrogen) atoms. The predicted octanol–water partition coefficient (Wildman–Crippen LogP) is 4.38. The Morgan fingerprint density at radius 3 is 2.70 bits per heavy atom. The van der Waals surface area contributed by atoms with Crippen LogP contribution >= 0.6 is 15.9 Å². The van der Waals surface area contributed by atoms with E-state index in [-0.39, 0.29) is 11.7 Å². The van der Waals surface area contributed by atoms with E-state index >= 15 is 0 Å². The fourth-order valence-corrected chi connectivity index (χ4v) is 4.11. The van der Waals surface area contributed by atoms with Crippen LogP contribution in [0, 0.1) is 11.7 Å². The van der Waals surface area contributed by atoms with Gasteiger partial charge in [0.25, 0.3) is 5.91 Å². The number of halogens is 2. The molecule has 1 heterocycles. The van der Waals surface area contributed by atoms with Crippen LogP contribution in [0.4, 0.5) is 4.39 Å². The maximum Gasteiger partial charge on any atom is 0.255 e. The van der Waals surface area contributed by atoms with Crippen molar-refractivity contribution in [1.82, 2.24) is 4.90 Å². The van der Waals surface area contributed by atoms with Gasteiger partial charge in [0.05, 0.1) is 5.56 Å². The lowest BCUT2D eigenvalue weighted by Crippen LogP contribution is -2.39. The summed E-state index contributed by atoms with van der Waals surface area (Å²) in [5.74, 6) is 0.271. The number of carbonyl (C=O) groups excluding carboxylic acids is 1. The monoisotopic (exact) mass is 339 g/mol. The van der Waals surface area contributed by atoms with Crippen molar-refractivity contribution in [1.29, 1.82) is 0 Å². The van der Waals surface area contributed by atoms with Gasteiger partial charge in [-0.1, -0.05) is 12.8 Å². The average molecular weight is 340 g/mol. The number of likely N-dealkylation sites (tertiary alicyclic amines) is 1. The summed E-state index contributed by atoms with van der Waals surface area (Å²) in [5, 5.41) is 0. The number of rotatable bonds is 2. The van der Waals surface area contributed by atoms with Crippen LogP contribution in [-0.2, 0) is 0 Å². The highest BCUT2D eigenvalue weighted by atomic mass is 79.9. The van der Waals surface area contributed by atoms with Gasteiger partial charge in [0.15, 0.2) is 0 Å². The summed E-state index contributed by atoms with van der Waals surface area (Å²) < 4.78 is 14.1. The van der Waals surface area contributed by atoms with E-state index in [1.54, 1.807) is 6.07 Å². The van der Waals surface area contributed by atoms with Gasteiger partial charge in [0, 0.05) is 17.1 Å². The molecular weight excluding hydrogens is 321 g/mol. The van der Waals surface area contributed by atoms with Gasteiger partial charge in [-0.15, -0.1) is 0 Å². The molecule has 0 N–H and O–H groups in total. The Balaban J connectivity index is 1.83. The van der Waals surface area contributed by atoms with Crippen molar-refractivity contribution in [2.45, 2.75) is 44.6 Å². The van der Waals surface area contributed by atoms with Gasteiger partial charge in [-0.05, 0) is 65.7 Å². The highest BCUT2D eigenvalue weighted by Crippen LogP contribution is 2.36. The second-order valence-electron chi connectivity index (χ2n) is 5.88. The number of hydrogen-bond acceptors (Lipinski definition) is 1. The zero-order valence-electron chi connectivity index (χ0n) is 11.4. The number of amides is 1. The lowest BCUT2D eigenvalue weighted by atomic mass is 9.95. The first-order valence-electron chi connectivity index (χ1n) is 7.43. The maximum atomic E-state index is 13.4. The highest BCUT2D eigenvalue weighted by Gasteiger charge is 2.36. The van der Waals surface area contributed by atoms with Gasteiger partial charge in [-0.2, -0.15) is 0 Å². The molecule has 1 unspecified atom stereocenters. The molecule has 1 saturated heterocycles. The predicted molar refractivity (Wildman–Crippen MR) is 80.1 cm³/mol. The van der Waals surface area contributed by atoms with E-state index in [2.05, 4.69) is 15.9 Å². The molecule has 2 nitrogen and oxygen atoms in total. The van der Waals surface area contributed by atoms with Gasteiger partial charge in [-0.25, -0.2) is 4.39 Å². The van der Waals surface area contributed by atoms with Crippen LogP contribution in [0.3, 0.4) is 0 Å². The van der Waals surface area contributed by atoms with Crippen LogP contribution in [0.5, 0.6) is 0 Å². The van der Waals surface area contributed by atoms with E-state index in [0.717, 1.165) is 19.4 Å². The Morgan fingerprint density at radius 2 is 1.95 bits per heavy atom. The van der Waals surface area contributed by atoms with Crippen molar-refractivity contribution >= 4 is 21.8 Å². The van der Waals surface area contributed by atoms with Crippen molar-refractivity contribution in [3.8, 4) is 0 Å². The molecule has 1 aliphatic carbocycles. The number of nitrogens with zero attached hydrogens (tertiary/aromatic N) is 1. The minimum atomic E-state index is -0.354. The summed E-state index contributed by atoms with van der Waals surface area (Å²) in [6.45, 7) is 0.808. The van der Waals surface area contributed by atoms with E-state index in [1.807, 2.05) is 4.90 Å². The molecule has 0 radical (unpaired) electrons. The molecule has 1 aromatic rings. The molecule has 0 spiro atoms. The molecule has 1 aromatic carbocycles. The van der Waals surface area contributed by atoms with Crippen LogP contribution in [0.15, 0.2) is 22.7 Å². The molecule has 3 rings (SSSR count). The van der Waals surface area contributed by atoms with Crippen LogP contribution in [0.25, 0.3) is 0 Å². The standard InChI is InChI=1S/C16H19BrFNO/c17-14-8-7-12(18)10-13(14)16(20)19-9-3-6-15(19)11-4-1-2-5-11/h7-8,10-11,15H,1-6,9H2. The Morgan fingerprint density at radius 1 is 1.20 bits per heavy atom. The number of benzene rings is 1. The minimum absolute atomic E-state index is 0.0224. The van der Waals surface area contributed by atoms with Crippen molar-refractivity contribution < 1.29 is 9.18 Å². The van der Waals surface area contributed by atoms with Crippen molar-refractivity contribution in [2.24, 2.45) is 5.92 Å². The molecule has 0 aromatic heterocycles. The van der Waals surface area contributed by atoms with Crippen molar-refractivity contribution in [3.63, 3.8) is 0 Å². The Hall–Kier alpha value is -0.900. The van der Waals surface area contributed by atoms with Gasteiger partial charge >= 0.3 is 0 Å². The van der Waals surface area contributed by atoms with E-state index in [9.17, 15) is 9.18 Å². The van der Waals surface area contributed by atoms with Crippen LogP contribution in [0.2, 0.25) is 0 Å². The van der Waals surface area contributed by atoms with Gasteiger partial charge in [0.1, 0.15) is 5.82 Å². The second kappa shape index (κ2) is 5.84. The van der Waals surface area contributed by atoms with Gasteiger partial charge in [0.2, 0.25) is 0 Å². The third-order valence-corrected chi connectivity index (χ3v) is 5.35. The number of carbonyl (C=O) groups is 1. The van der Waals surface area contributed by atoms with Gasteiger partial charge < -0.3 is 4.90 Å². The molecule has 1 atom stereocenters. The Kier molecular flexibility index (Phi) is 4.11. The van der Waals surface area contributed by atoms with Crippen LogP contribution in [-0.4, -0.2) is 23.4 Å². The highest BCUT2D eigenvalue weighted by molar-refractivity contribution is 9.10. The molecule has 1 saturated carbocycles. The summed E-state index contributed by atoms with van der Waals surface area (Å²) in [6, 6.07) is 4.69. The van der Waals surface area contributed by atoms with Crippen molar-refractivity contribution in [2.75, 3.05) is 6.54 Å². The first kappa shape index (κ1) is 14.1. The summed E-state index contributed by atoms with van der Waals surface area (Å²) in [4.78, 5) is 14.7. The molecule has 2 aliphatic rings.